The molecule has 7 heteroatoms. The zero-order valence-corrected chi connectivity index (χ0v) is 15.6. The maximum atomic E-state index is 14.2. The maximum absolute atomic E-state index is 14.2. The number of hydrogen-bond acceptors (Lipinski definition) is 3. The predicted octanol–water partition coefficient (Wildman–Crippen LogP) is 3.59. The van der Waals surface area contributed by atoms with Crippen LogP contribution in [0, 0.1) is 19.7 Å². The molecule has 3 aromatic rings. The first-order chi connectivity index (χ1) is 13.0. The molecule has 1 N–H and O–H groups in total. The first-order valence-electron chi connectivity index (χ1n) is 8.49. The van der Waals surface area contributed by atoms with E-state index in [-0.39, 0.29) is 16.7 Å². The van der Waals surface area contributed by atoms with Gasteiger partial charge in [-0.05, 0) is 50.3 Å². The highest BCUT2D eigenvalue weighted by atomic mass is 32.1. The lowest BCUT2D eigenvalue weighted by atomic mass is 10.0. The topological polar surface area (TPSA) is 50.2 Å². The van der Waals surface area contributed by atoms with Crippen LogP contribution in [0.15, 0.2) is 54.6 Å². The Morgan fingerprint density at radius 2 is 1.74 bits per heavy atom. The Labute approximate surface area is 161 Å². The fourth-order valence-electron chi connectivity index (χ4n) is 3.43. The number of para-hydroxylation sites is 2. The number of hydrogen-bond donors (Lipinski definition) is 1. The molecule has 1 fully saturated rings. The van der Waals surface area contributed by atoms with E-state index in [9.17, 15) is 9.18 Å². The Kier molecular flexibility index (Phi) is 4.24. The second-order valence-electron chi connectivity index (χ2n) is 6.34. The number of amides is 1. The quantitative estimate of drug-likeness (QED) is 0.706. The Morgan fingerprint density at radius 1 is 1.07 bits per heavy atom. The van der Waals surface area contributed by atoms with E-state index in [4.69, 9.17) is 12.2 Å². The molecule has 1 aliphatic rings. The fourth-order valence-corrected chi connectivity index (χ4v) is 3.74. The molecule has 2 aromatic carbocycles. The molecule has 0 spiro atoms. The number of halogens is 1. The summed E-state index contributed by atoms with van der Waals surface area (Å²) >= 11 is 5.32. The number of benzene rings is 2. The number of carbonyl (C=O) groups excluding carboxylic acids is 1. The molecule has 5 nitrogen and oxygen atoms in total. The van der Waals surface area contributed by atoms with Crippen LogP contribution in [0.1, 0.15) is 23.0 Å². The number of aromatic nitrogens is 2. The van der Waals surface area contributed by atoms with Crippen LogP contribution in [-0.4, -0.2) is 20.8 Å². The molecule has 1 saturated heterocycles. The van der Waals surface area contributed by atoms with Crippen molar-refractivity contribution in [1.82, 2.24) is 15.1 Å². The first-order valence-corrected chi connectivity index (χ1v) is 8.90. The van der Waals surface area contributed by atoms with Crippen LogP contribution in [0.5, 0.6) is 0 Å². The second-order valence-corrected chi connectivity index (χ2v) is 6.73. The van der Waals surface area contributed by atoms with Gasteiger partial charge in [0.15, 0.2) is 5.11 Å². The normalized spacial score (nSPS) is 16.7. The summed E-state index contributed by atoms with van der Waals surface area (Å²) in [5.74, 6) is -0.812. The van der Waals surface area contributed by atoms with Crippen molar-refractivity contribution in [2.75, 3.05) is 4.90 Å². The molecule has 1 aromatic heterocycles. The van der Waals surface area contributed by atoms with E-state index in [1.165, 1.54) is 17.0 Å². The number of nitrogens with zero attached hydrogens (tertiary/aromatic N) is 3. The third kappa shape index (κ3) is 2.80. The summed E-state index contributed by atoms with van der Waals surface area (Å²) in [5, 5.41) is 7.80. The van der Waals surface area contributed by atoms with Crippen LogP contribution in [0.4, 0.5) is 10.1 Å². The van der Waals surface area contributed by atoms with E-state index >= 15 is 0 Å². The van der Waals surface area contributed by atoms with Crippen molar-refractivity contribution in [1.29, 1.82) is 0 Å². The van der Waals surface area contributed by atoms with Crippen molar-refractivity contribution in [3.63, 3.8) is 0 Å². The van der Waals surface area contributed by atoms with Gasteiger partial charge in [-0.3, -0.25) is 9.69 Å². The average molecular weight is 380 g/mol. The van der Waals surface area contributed by atoms with E-state index in [1.807, 2.05) is 44.2 Å². The van der Waals surface area contributed by atoms with Crippen LogP contribution in [0.25, 0.3) is 5.69 Å². The van der Waals surface area contributed by atoms with E-state index in [0.717, 1.165) is 22.6 Å². The third-order valence-electron chi connectivity index (χ3n) is 4.67. The van der Waals surface area contributed by atoms with E-state index in [0.29, 0.717) is 0 Å². The number of rotatable bonds is 3. The SMILES string of the molecule is Cc1nn(-c2ccccc2)c(C)c1[C@H]1NC(=S)N(c2ccccc2F)C1=O. The monoisotopic (exact) mass is 380 g/mol. The summed E-state index contributed by atoms with van der Waals surface area (Å²) in [4.78, 5) is 14.3. The van der Waals surface area contributed by atoms with Crippen LogP contribution < -0.4 is 10.2 Å². The number of aryl methyl sites for hydroxylation is 1. The lowest BCUT2D eigenvalue weighted by molar-refractivity contribution is -0.118. The molecule has 0 aliphatic carbocycles. The van der Waals surface area contributed by atoms with Gasteiger partial charge in [0.2, 0.25) is 0 Å². The van der Waals surface area contributed by atoms with E-state index in [2.05, 4.69) is 10.4 Å². The Morgan fingerprint density at radius 3 is 2.44 bits per heavy atom. The molecule has 2 heterocycles. The lowest BCUT2D eigenvalue weighted by Crippen LogP contribution is -2.31. The summed E-state index contributed by atoms with van der Waals surface area (Å²) < 4.78 is 16.0. The van der Waals surface area contributed by atoms with Gasteiger partial charge < -0.3 is 5.32 Å². The molecule has 1 atom stereocenters. The Balaban J connectivity index is 1.75. The number of anilines is 1. The smallest absolute Gasteiger partial charge is 0.260 e. The van der Waals surface area contributed by atoms with Gasteiger partial charge in [-0.2, -0.15) is 5.10 Å². The molecular weight excluding hydrogens is 363 g/mol. The first kappa shape index (κ1) is 17.4. The molecule has 0 radical (unpaired) electrons. The van der Waals surface area contributed by atoms with E-state index < -0.39 is 11.9 Å². The highest BCUT2D eigenvalue weighted by molar-refractivity contribution is 7.80. The van der Waals surface area contributed by atoms with Gasteiger partial charge in [-0.25, -0.2) is 9.07 Å². The number of nitrogens with one attached hydrogen (secondary N) is 1. The van der Waals surface area contributed by atoms with Crippen molar-refractivity contribution in [3.05, 3.63) is 77.4 Å². The van der Waals surface area contributed by atoms with Crippen LogP contribution in [-0.2, 0) is 4.79 Å². The molecule has 0 unspecified atom stereocenters. The average Bonchev–Trinajstić information content (AvgIpc) is 3.11. The summed E-state index contributed by atoms with van der Waals surface area (Å²) in [5.41, 5.74) is 3.37. The number of carbonyl (C=O) groups is 1. The minimum atomic E-state index is -0.699. The minimum Gasteiger partial charge on any atom is -0.346 e. The Hall–Kier alpha value is -3.06. The molecule has 27 heavy (non-hydrogen) atoms. The molecule has 0 bridgehead atoms. The zero-order valence-electron chi connectivity index (χ0n) is 14.8. The lowest BCUT2D eigenvalue weighted by Gasteiger charge is -2.15. The van der Waals surface area contributed by atoms with Gasteiger partial charge in [-0.1, -0.05) is 30.3 Å². The summed E-state index contributed by atoms with van der Waals surface area (Å²) in [6, 6.07) is 15.1. The summed E-state index contributed by atoms with van der Waals surface area (Å²) in [6.07, 6.45) is 0. The van der Waals surface area contributed by atoms with Crippen LogP contribution >= 0.6 is 12.2 Å². The van der Waals surface area contributed by atoms with E-state index in [1.54, 1.807) is 16.8 Å². The molecule has 4 rings (SSSR count). The third-order valence-corrected chi connectivity index (χ3v) is 4.97. The molecular formula is C20H17FN4OS. The van der Waals surface area contributed by atoms with Crippen molar-refractivity contribution in [2.45, 2.75) is 19.9 Å². The molecule has 1 aliphatic heterocycles. The van der Waals surface area contributed by atoms with Gasteiger partial charge in [0.25, 0.3) is 5.91 Å². The van der Waals surface area contributed by atoms with Gasteiger partial charge in [0.05, 0.1) is 17.1 Å². The predicted molar refractivity (Wildman–Crippen MR) is 105 cm³/mol. The van der Waals surface area contributed by atoms with Gasteiger partial charge in [0.1, 0.15) is 11.9 Å². The van der Waals surface area contributed by atoms with Gasteiger partial charge in [-0.15, -0.1) is 0 Å². The minimum absolute atomic E-state index is 0.147. The highest BCUT2D eigenvalue weighted by Gasteiger charge is 2.41. The maximum Gasteiger partial charge on any atom is 0.260 e. The number of thiocarbonyl (C=S) groups is 1. The molecule has 1 amide bonds. The van der Waals surface area contributed by atoms with Crippen LogP contribution in [0.2, 0.25) is 0 Å². The summed E-state index contributed by atoms with van der Waals surface area (Å²) in [7, 11) is 0. The van der Waals surface area contributed by atoms with Gasteiger partial charge >= 0.3 is 0 Å². The van der Waals surface area contributed by atoms with Crippen molar-refractivity contribution >= 4 is 28.9 Å². The van der Waals surface area contributed by atoms with Gasteiger partial charge in [0, 0.05) is 11.3 Å². The zero-order chi connectivity index (χ0) is 19.1. The van der Waals surface area contributed by atoms with Crippen molar-refractivity contribution in [3.8, 4) is 5.69 Å². The molecule has 136 valence electrons. The highest BCUT2D eigenvalue weighted by Crippen LogP contribution is 2.32. The summed E-state index contributed by atoms with van der Waals surface area (Å²) in [6.45, 7) is 3.76. The Bertz CT molecular complexity index is 1050. The molecule has 0 saturated carbocycles. The largest absolute Gasteiger partial charge is 0.346 e. The van der Waals surface area contributed by atoms with Crippen molar-refractivity contribution < 1.29 is 9.18 Å². The van der Waals surface area contributed by atoms with Crippen molar-refractivity contribution in [2.24, 2.45) is 0 Å². The van der Waals surface area contributed by atoms with Crippen LogP contribution in [0.3, 0.4) is 0 Å². The standard InChI is InChI=1S/C20H17FN4OS/c1-12-17(13(2)25(23-12)14-8-4-3-5-9-14)18-19(26)24(20(27)22-18)16-11-7-6-10-15(16)21/h3-11,18H,1-2H3,(H,22,27)/t18-/m1/s1. The fraction of sp³-hybridized carbons (Fsp3) is 0.150. The second kappa shape index (κ2) is 6.59.